The van der Waals surface area contributed by atoms with Gasteiger partial charge in [-0.3, -0.25) is 10.8 Å². The lowest BCUT2D eigenvalue weighted by atomic mass is 10.2. The van der Waals surface area contributed by atoms with Crippen molar-refractivity contribution in [3.05, 3.63) is 42.6 Å². The highest BCUT2D eigenvalue weighted by molar-refractivity contribution is 5.75. The molecule has 4 heterocycles. The van der Waals surface area contributed by atoms with Crippen molar-refractivity contribution in [1.82, 2.24) is 25.0 Å². The molecule has 0 saturated carbocycles. The summed E-state index contributed by atoms with van der Waals surface area (Å²) in [5.74, 6) is 1.06. The first kappa shape index (κ1) is 22.4. The molecule has 0 radical (unpaired) electrons. The molecule has 6 N–H and O–H groups in total. The molecule has 1 aromatic carbocycles. The van der Waals surface area contributed by atoms with Gasteiger partial charge in [-0.25, -0.2) is 4.98 Å². The summed E-state index contributed by atoms with van der Waals surface area (Å²) in [5, 5.41) is 23.5. The van der Waals surface area contributed by atoms with E-state index in [9.17, 15) is 0 Å². The zero-order valence-electron chi connectivity index (χ0n) is 19.4. The second-order valence-corrected chi connectivity index (χ2v) is 8.58. The molecule has 0 atom stereocenters. The van der Waals surface area contributed by atoms with Gasteiger partial charge >= 0.3 is 0 Å². The van der Waals surface area contributed by atoms with Crippen molar-refractivity contribution >= 4 is 23.3 Å². The summed E-state index contributed by atoms with van der Waals surface area (Å²) in [5.41, 5.74) is 14.7. The molecule has 0 amide bonds. The van der Waals surface area contributed by atoms with Gasteiger partial charge in [-0.15, -0.1) is 10.2 Å². The normalized spacial score (nSPS) is 16.5. The number of piperazine rings is 2. The largest absolute Gasteiger partial charge is 0.415 e. The van der Waals surface area contributed by atoms with Crippen LogP contribution in [0.4, 0.5) is 11.4 Å². The molecule has 2 saturated heterocycles. The summed E-state index contributed by atoms with van der Waals surface area (Å²) in [4.78, 5) is 12.8. The van der Waals surface area contributed by atoms with Crippen LogP contribution >= 0.6 is 0 Å². The van der Waals surface area contributed by atoms with Crippen molar-refractivity contribution in [2.45, 2.75) is 0 Å². The van der Waals surface area contributed by atoms with Gasteiger partial charge in [0.25, 0.3) is 5.89 Å². The summed E-state index contributed by atoms with van der Waals surface area (Å²) in [6.45, 7) is 6.13. The Morgan fingerprint density at radius 3 is 1.71 bits per heavy atom. The van der Waals surface area contributed by atoms with E-state index in [0.29, 0.717) is 17.5 Å². The van der Waals surface area contributed by atoms with E-state index in [2.05, 4.69) is 25.0 Å². The van der Waals surface area contributed by atoms with Crippen LogP contribution in [0.1, 0.15) is 0 Å². The summed E-state index contributed by atoms with van der Waals surface area (Å²) < 4.78 is 5.91. The van der Waals surface area contributed by atoms with E-state index in [1.807, 2.05) is 52.4 Å². The van der Waals surface area contributed by atoms with E-state index in [-0.39, 0.29) is 11.9 Å². The highest BCUT2D eigenvalue weighted by Crippen LogP contribution is 2.26. The number of hydrogen-bond acceptors (Lipinski definition) is 8. The minimum atomic E-state index is 0.118. The molecule has 5 rings (SSSR count). The van der Waals surface area contributed by atoms with Gasteiger partial charge < -0.3 is 35.5 Å². The number of nitrogens with zero attached hydrogens (tertiary/aromatic N) is 7. The fourth-order valence-corrected chi connectivity index (χ4v) is 4.37. The Hall–Kier alpha value is -4.35. The van der Waals surface area contributed by atoms with E-state index in [1.165, 1.54) is 0 Å². The van der Waals surface area contributed by atoms with Crippen LogP contribution in [0.3, 0.4) is 0 Å². The van der Waals surface area contributed by atoms with Crippen molar-refractivity contribution < 1.29 is 4.42 Å². The first-order chi connectivity index (χ1) is 17.0. The molecule has 182 valence electrons. The van der Waals surface area contributed by atoms with Crippen LogP contribution in [0.2, 0.25) is 0 Å². The Labute approximate surface area is 203 Å². The molecular formula is C23H29N11O. The average molecular weight is 476 g/mol. The maximum Gasteiger partial charge on any atom is 0.266 e. The quantitative estimate of drug-likeness (QED) is 0.314. The van der Waals surface area contributed by atoms with Crippen LogP contribution < -0.4 is 21.3 Å². The van der Waals surface area contributed by atoms with Gasteiger partial charge in [-0.05, 0) is 36.4 Å². The average Bonchev–Trinajstić information content (AvgIpc) is 3.39. The molecule has 35 heavy (non-hydrogen) atoms. The van der Waals surface area contributed by atoms with Crippen LogP contribution in [-0.4, -0.2) is 89.3 Å². The monoisotopic (exact) mass is 475 g/mol. The van der Waals surface area contributed by atoms with Gasteiger partial charge in [0.2, 0.25) is 5.89 Å². The van der Waals surface area contributed by atoms with Gasteiger partial charge in [-0.1, -0.05) is 0 Å². The zero-order chi connectivity index (χ0) is 24.4. The third kappa shape index (κ3) is 4.81. The lowest BCUT2D eigenvalue weighted by Gasteiger charge is -2.36. The molecule has 12 heteroatoms. The Balaban J connectivity index is 1.22. The van der Waals surface area contributed by atoms with Gasteiger partial charge in [0.05, 0.1) is 11.9 Å². The summed E-state index contributed by atoms with van der Waals surface area (Å²) >= 11 is 0. The van der Waals surface area contributed by atoms with E-state index in [0.717, 1.165) is 69.3 Å². The van der Waals surface area contributed by atoms with Gasteiger partial charge in [0.15, 0.2) is 11.9 Å². The summed E-state index contributed by atoms with van der Waals surface area (Å²) in [6.07, 6.45) is 1.81. The topological polar surface area (TPSA) is 165 Å². The fourth-order valence-electron chi connectivity index (χ4n) is 4.37. The lowest BCUT2D eigenvalue weighted by molar-refractivity contribution is 0.380. The zero-order valence-corrected chi connectivity index (χ0v) is 19.4. The Bertz CT molecular complexity index is 1080. The standard InChI is InChI=1S/C23H29N11O/c24-22(25)33-11-7-31(8-12-33)17-3-1-16(2-4-17)20-29-30-21(35-20)19-6-5-18(15-28-19)32-9-13-34(14-10-32)23(26)27/h1-6,15H,7-14H2,(H3,24,25)(H3,26,27). The van der Waals surface area contributed by atoms with Crippen molar-refractivity contribution in [3.8, 4) is 23.0 Å². The summed E-state index contributed by atoms with van der Waals surface area (Å²) in [6, 6.07) is 11.9. The minimum Gasteiger partial charge on any atom is -0.415 e. The third-order valence-corrected chi connectivity index (χ3v) is 6.48. The van der Waals surface area contributed by atoms with Crippen molar-refractivity contribution in [2.24, 2.45) is 11.5 Å². The SMILES string of the molecule is N=C(N)N1CCN(c2ccc(-c3nnc(-c4ccc(N5CCN(C(=N)N)CC5)cn4)o3)cc2)CC1. The number of nitrogens with one attached hydrogen (secondary N) is 2. The number of anilines is 2. The van der Waals surface area contributed by atoms with E-state index >= 15 is 0 Å². The van der Waals surface area contributed by atoms with Crippen molar-refractivity contribution in [1.29, 1.82) is 10.8 Å². The smallest absolute Gasteiger partial charge is 0.266 e. The van der Waals surface area contributed by atoms with Gasteiger partial charge in [-0.2, -0.15) is 0 Å². The molecule has 2 fully saturated rings. The van der Waals surface area contributed by atoms with E-state index in [1.54, 1.807) is 0 Å². The molecule has 0 bridgehead atoms. The molecule has 2 aliphatic heterocycles. The van der Waals surface area contributed by atoms with Crippen LogP contribution in [0.25, 0.3) is 23.0 Å². The molecule has 0 aliphatic carbocycles. The van der Waals surface area contributed by atoms with Crippen LogP contribution in [0.5, 0.6) is 0 Å². The van der Waals surface area contributed by atoms with E-state index < -0.39 is 0 Å². The second-order valence-electron chi connectivity index (χ2n) is 8.58. The number of aromatic nitrogens is 3. The minimum absolute atomic E-state index is 0.118. The molecule has 2 aromatic heterocycles. The second kappa shape index (κ2) is 9.49. The predicted molar refractivity (Wildman–Crippen MR) is 134 cm³/mol. The highest BCUT2D eigenvalue weighted by atomic mass is 16.4. The summed E-state index contributed by atoms with van der Waals surface area (Å²) in [7, 11) is 0. The fraction of sp³-hybridized carbons (Fsp3) is 0.348. The highest BCUT2D eigenvalue weighted by Gasteiger charge is 2.20. The maximum atomic E-state index is 7.57. The molecule has 0 spiro atoms. The van der Waals surface area contributed by atoms with Crippen molar-refractivity contribution in [3.63, 3.8) is 0 Å². The van der Waals surface area contributed by atoms with Crippen LogP contribution in [-0.2, 0) is 0 Å². The Morgan fingerprint density at radius 1 is 0.686 bits per heavy atom. The number of nitrogens with two attached hydrogens (primary N) is 2. The molecule has 12 nitrogen and oxygen atoms in total. The van der Waals surface area contributed by atoms with E-state index in [4.69, 9.17) is 26.7 Å². The molecule has 0 unspecified atom stereocenters. The predicted octanol–water partition coefficient (Wildman–Crippen LogP) is 0.830. The van der Waals surface area contributed by atoms with Gasteiger partial charge in [0, 0.05) is 63.6 Å². The number of hydrogen-bond donors (Lipinski definition) is 4. The number of rotatable bonds is 4. The number of benzene rings is 1. The number of pyridine rings is 1. The Morgan fingerprint density at radius 2 is 1.20 bits per heavy atom. The first-order valence-electron chi connectivity index (χ1n) is 11.6. The molecule has 3 aromatic rings. The van der Waals surface area contributed by atoms with Crippen LogP contribution in [0, 0.1) is 10.8 Å². The first-order valence-corrected chi connectivity index (χ1v) is 11.6. The lowest BCUT2D eigenvalue weighted by Crippen LogP contribution is -2.50. The molecular weight excluding hydrogens is 446 g/mol. The van der Waals surface area contributed by atoms with Gasteiger partial charge in [0.1, 0.15) is 5.69 Å². The van der Waals surface area contributed by atoms with Crippen LogP contribution in [0.15, 0.2) is 47.0 Å². The number of guanidine groups is 2. The van der Waals surface area contributed by atoms with Crippen molar-refractivity contribution in [2.75, 3.05) is 62.2 Å². The maximum absolute atomic E-state index is 7.57. The third-order valence-electron chi connectivity index (χ3n) is 6.48. The molecule has 2 aliphatic rings. The Kier molecular flexibility index (Phi) is 6.08.